The Morgan fingerprint density at radius 3 is 2.48 bits per heavy atom. The number of carbonyl (C=O) groups is 2. The summed E-state index contributed by atoms with van der Waals surface area (Å²) < 4.78 is 0. The molecule has 5 heteroatoms. The van der Waals surface area contributed by atoms with Crippen LogP contribution in [0.25, 0.3) is 0 Å². The maximum Gasteiger partial charge on any atom is 0.245 e. The van der Waals surface area contributed by atoms with Crippen molar-refractivity contribution in [3.63, 3.8) is 0 Å². The van der Waals surface area contributed by atoms with Crippen LogP contribution < -0.4 is 16.4 Å². The zero-order chi connectivity index (χ0) is 15.7. The SMILES string of the molecule is CC(C)(NC(=O)CCCc1ccccc1)C(=O)NCCN. The molecule has 1 aromatic rings. The van der Waals surface area contributed by atoms with Crippen LogP contribution in [0.3, 0.4) is 0 Å². The van der Waals surface area contributed by atoms with E-state index in [9.17, 15) is 9.59 Å². The Kier molecular flexibility index (Phi) is 6.88. The summed E-state index contributed by atoms with van der Waals surface area (Å²) in [6.45, 7) is 4.17. The second kappa shape index (κ2) is 8.42. The van der Waals surface area contributed by atoms with Crippen molar-refractivity contribution < 1.29 is 9.59 Å². The van der Waals surface area contributed by atoms with E-state index in [1.54, 1.807) is 13.8 Å². The lowest BCUT2D eigenvalue weighted by molar-refractivity contribution is -0.132. The Morgan fingerprint density at radius 1 is 1.19 bits per heavy atom. The van der Waals surface area contributed by atoms with Crippen molar-refractivity contribution in [1.82, 2.24) is 10.6 Å². The molecule has 0 aliphatic rings. The van der Waals surface area contributed by atoms with E-state index in [4.69, 9.17) is 5.73 Å². The average Bonchev–Trinajstić information content (AvgIpc) is 2.45. The number of aryl methyl sites for hydroxylation is 1. The minimum absolute atomic E-state index is 0.112. The minimum Gasteiger partial charge on any atom is -0.353 e. The van der Waals surface area contributed by atoms with Crippen molar-refractivity contribution in [2.45, 2.75) is 38.6 Å². The molecule has 0 aliphatic heterocycles. The van der Waals surface area contributed by atoms with Crippen molar-refractivity contribution in [2.24, 2.45) is 5.73 Å². The van der Waals surface area contributed by atoms with Gasteiger partial charge in [0.05, 0.1) is 0 Å². The number of carbonyl (C=O) groups excluding carboxylic acids is 2. The van der Waals surface area contributed by atoms with E-state index in [-0.39, 0.29) is 11.8 Å². The molecular formula is C16H25N3O2. The molecule has 1 aromatic carbocycles. The lowest BCUT2D eigenvalue weighted by Gasteiger charge is -2.25. The van der Waals surface area contributed by atoms with Crippen molar-refractivity contribution in [3.8, 4) is 0 Å². The summed E-state index contributed by atoms with van der Waals surface area (Å²) in [6, 6.07) is 10.0. The van der Waals surface area contributed by atoms with Crippen molar-refractivity contribution >= 4 is 11.8 Å². The third-order valence-corrected chi connectivity index (χ3v) is 3.16. The summed E-state index contributed by atoms with van der Waals surface area (Å²) in [4.78, 5) is 23.8. The standard InChI is InChI=1S/C16H25N3O2/c1-16(2,15(21)18-12-11-17)19-14(20)10-6-9-13-7-4-3-5-8-13/h3-5,7-8H,6,9-12,17H2,1-2H3,(H,18,21)(H,19,20). The molecule has 2 amide bonds. The second-order valence-electron chi connectivity index (χ2n) is 5.56. The van der Waals surface area contributed by atoms with E-state index >= 15 is 0 Å². The van der Waals surface area contributed by atoms with E-state index in [1.807, 2.05) is 30.3 Å². The number of hydrogen-bond donors (Lipinski definition) is 3. The summed E-state index contributed by atoms with van der Waals surface area (Å²) in [6.07, 6.45) is 2.02. The van der Waals surface area contributed by atoms with Gasteiger partial charge in [0, 0.05) is 19.5 Å². The van der Waals surface area contributed by atoms with Gasteiger partial charge < -0.3 is 16.4 Å². The normalized spacial score (nSPS) is 11.0. The molecule has 0 atom stereocenters. The average molecular weight is 291 g/mol. The van der Waals surface area contributed by atoms with Gasteiger partial charge in [0.15, 0.2) is 0 Å². The molecule has 0 radical (unpaired) electrons. The van der Waals surface area contributed by atoms with Crippen LogP contribution in [0.2, 0.25) is 0 Å². The predicted molar refractivity (Wildman–Crippen MR) is 83.7 cm³/mol. The van der Waals surface area contributed by atoms with Crippen LogP contribution >= 0.6 is 0 Å². The number of amides is 2. The smallest absolute Gasteiger partial charge is 0.245 e. The molecule has 21 heavy (non-hydrogen) atoms. The number of rotatable bonds is 8. The lowest BCUT2D eigenvalue weighted by atomic mass is 10.0. The highest BCUT2D eigenvalue weighted by Gasteiger charge is 2.28. The molecule has 1 rings (SSSR count). The van der Waals surface area contributed by atoms with Crippen molar-refractivity contribution in [1.29, 1.82) is 0 Å². The highest BCUT2D eigenvalue weighted by Crippen LogP contribution is 2.07. The zero-order valence-electron chi connectivity index (χ0n) is 12.8. The number of nitrogens with one attached hydrogen (secondary N) is 2. The molecular weight excluding hydrogens is 266 g/mol. The van der Waals surface area contributed by atoms with Gasteiger partial charge in [-0.05, 0) is 32.3 Å². The van der Waals surface area contributed by atoms with E-state index in [0.717, 1.165) is 12.8 Å². The van der Waals surface area contributed by atoms with Gasteiger partial charge in [-0.15, -0.1) is 0 Å². The first-order valence-corrected chi connectivity index (χ1v) is 7.29. The molecule has 0 saturated heterocycles. The number of benzene rings is 1. The van der Waals surface area contributed by atoms with Crippen LogP contribution in [0.15, 0.2) is 30.3 Å². The first-order chi connectivity index (χ1) is 9.95. The van der Waals surface area contributed by atoms with Crippen molar-refractivity contribution in [3.05, 3.63) is 35.9 Å². The van der Waals surface area contributed by atoms with Gasteiger partial charge in [0.25, 0.3) is 0 Å². The molecule has 116 valence electrons. The van der Waals surface area contributed by atoms with Gasteiger partial charge in [0.2, 0.25) is 11.8 Å². The molecule has 0 saturated carbocycles. The van der Waals surface area contributed by atoms with Gasteiger partial charge >= 0.3 is 0 Å². The summed E-state index contributed by atoms with van der Waals surface area (Å²) in [7, 11) is 0. The molecule has 0 fully saturated rings. The van der Waals surface area contributed by atoms with E-state index in [2.05, 4.69) is 10.6 Å². The summed E-state index contributed by atoms with van der Waals surface area (Å²) in [5.41, 5.74) is 5.64. The molecule has 0 aliphatic carbocycles. The molecule has 4 N–H and O–H groups in total. The van der Waals surface area contributed by atoms with Gasteiger partial charge in [-0.1, -0.05) is 30.3 Å². The fourth-order valence-corrected chi connectivity index (χ4v) is 1.97. The van der Waals surface area contributed by atoms with Gasteiger partial charge in [-0.3, -0.25) is 9.59 Å². The maximum atomic E-state index is 11.9. The molecule has 0 aromatic heterocycles. The second-order valence-corrected chi connectivity index (χ2v) is 5.56. The highest BCUT2D eigenvalue weighted by atomic mass is 16.2. The minimum atomic E-state index is -0.918. The molecule has 0 spiro atoms. The molecule has 0 unspecified atom stereocenters. The predicted octanol–water partition coefficient (Wildman–Crippen LogP) is 0.979. The van der Waals surface area contributed by atoms with Crippen LogP contribution in [0, 0.1) is 0 Å². The van der Waals surface area contributed by atoms with Crippen LogP contribution in [0.5, 0.6) is 0 Å². The van der Waals surface area contributed by atoms with Gasteiger partial charge in [0.1, 0.15) is 5.54 Å². The Balaban J connectivity index is 2.33. The van der Waals surface area contributed by atoms with Crippen LogP contribution in [0.4, 0.5) is 0 Å². The van der Waals surface area contributed by atoms with Crippen LogP contribution in [-0.4, -0.2) is 30.4 Å². The van der Waals surface area contributed by atoms with Crippen molar-refractivity contribution in [2.75, 3.05) is 13.1 Å². The molecule has 0 bridgehead atoms. The fraction of sp³-hybridized carbons (Fsp3) is 0.500. The topological polar surface area (TPSA) is 84.2 Å². The van der Waals surface area contributed by atoms with Gasteiger partial charge in [-0.25, -0.2) is 0 Å². The third-order valence-electron chi connectivity index (χ3n) is 3.16. The van der Waals surface area contributed by atoms with E-state index < -0.39 is 5.54 Å². The van der Waals surface area contributed by atoms with E-state index in [1.165, 1.54) is 5.56 Å². The Labute approximate surface area is 126 Å². The fourth-order valence-electron chi connectivity index (χ4n) is 1.97. The van der Waals surface area contributed by atoms with E-state index in [0.29, 0.717) is 19.5 Å². The summed E-state index contributed by atoms with van der Waals surface area (Å²) >= 11 is 0. The number of hydrogen-bond acceptors (Lipinski definition) is 3. The molecule has 5 nitrogen and oxygen atoms in total. The summed E-state index contributed by atoms with van der Waals surface area (Å²) in [5, 5.41) is 5.44. The Morgan fingerprint density at radius 2 is 1.86 bits per heavy atom. The molecule has 0 heterocycles. The Bertz CT molecular complexity index is 458. The van der Waals surface area contributed by atoms with Gasteiger partial charge in [-0.2, -0.15) is 0 Å². The summed E-state index contributed by atoms with van der Waals surface area (Å²) in [5.74, 6) is -0.330. The quantitative estimate of drug-likeness (QED) is 0.667. The third kappa shape index (κ3) is 6.40. The highest BCUT2D eigenvalue weighted by molar-refractivity contribution is 5.90. The number of nitrogens with two attached hydrogens (primary N) is 1. The van der Waals surface area contributed by atoms with Crippen LogP contribution in [-0.2, 0) is 16.0 Å². The zero-order valence-corrected chi connectivity index (χ0v) is 12.8. The first kappa shape index (κ1) is 17.2. The monoisotopic (exact) mass is 291 g/mol. The maximum absolute atomic E-state index is 11.9. The first-order valence-electron chi connectivity index (χ1n) is 7.29. The Hall–Kier alpha value is -1.88. The largest absolute Gasteiger partial charge is 0.353 e. The van der Waals surface area contributed by atoms with Crippen LogP contribution in [0.1, 0.15) is 32.3 Å². The lowest BCUT2D eigenvalue weighted by Crippen LogP contribution is -2.55.